The van der Waals surface area contributed by atoms with Crippen LogP contribution >= 0.6 is 11.3 Å². The Bertz CT molecular complexity index is 1230. The van der Waals surface area contributed by atoms with Crippen molar-refractivity contribution in [3.63, 3.8) is 0 Å². The van der Waals surface area contributed by atoms with Gasteiger partial charge in [-0.3, -0.25) is 15.1 Å². The third-order valence-electron chi connectivity index (χ3n) is 4.57. The highest BCUT2D eigenvalue weighted by molar-refractivity contribution is 7.13. The molecule has 2 amide bonds. The van der Waals surface area contributed by atoms with E-state index in [0.29, 0.717) is 22.6 Å². The number of aromatic nitrogens is 1. The molecule has 4 aromatic rings. The van der Waals surface area contributed by atoms with Gasteiger partial charge in [-0.15, -0.1) is 11.3 Å². The van der Waals surface area contributed by atoms with Gasteiger partial charge in [0, 0.05) is 34.1 Å². The summed E-state index contributed by atoms with van der Waals surface area (Å²) in [6, 6.07) is 19.6. The van der Waals surface area contributed by atoms with Crippen LogP contribution in [0, 0.1) is 0 Å². The number of nitrogens with one attached hydrogen (secondary N) is 2. The van der Waals surface area contributed by atoms with E-state index in [0.717, 1.165) is 16.0 Å². The third kappa shape index (κ3) is 5.30. The number of nitrogens with two attached hydrogens (primary N) is 1. The zero-order chi connectivity index (χ0) is 22.3. The van der Waals surface area contributed by atoms with Crippen LogP contribution in [-0.2, 0) is 11.3 Å². The van der Waals surface area contributed by atoms with Crippen molar-refractivity contribution in [2.45, 2.75) is 6.61 Å². The fraction of sp³-hybridized carbons (Fsp3) is 0.0417. The van der Waals surface area contributed by atoms with Crippen LogP contribution in [0.1, 0.15) is 15.9 Å². The molecule has 8 heteroatoms. The average Bonchev–Trinajstić information content (AvgIpc) is 3.35. The van der Waals surface area contributed by atoms with Crippen LogP contribution in [0.3, 0.4) is 0 Å². The van der Waals surface area contributed by atoms with Crippen LogP contribution < -0.4 is 16.4 Å². The summed E-state index contributed by atoms with van der Waals surface area (Å²) in [6.45, 7) is 0.0969. The second-order valence-corrected chi connectivity index (χ2v) is 7.82. The number of nitrogens with zero attached hydrogens (tertiary/aromatic N) is 1. The molecule has 0 spiro atoms. The summed E-state index contributed by atoms with van der Waals surface area (Å²) in [7, 11) is 0. The first-order chi connectivity index (χ1) is 15.6. The largest absolute Gasteiger partial charge is 0.444 e. The standard InChI is InChI=1S/C24H20N4O3S/c25-20-9-8-17(22-7-3-11-32-22)13-21(20)28-23(29)18-5-1-6-19(12-18)27-24(30)31-15-16-4-2-10-26-14-16/h1-14H,15,25H2,(H,27,30)(H,28,29). The topological polar surface area (TPSA) is 106 Å². The van der Waals surface area contributed by atoms with Crippen LogP contribution in [-0.4, -0.2) is 17.0 Å². The van der Waals surface area contributed by atoms with E-state index >= 15 is 0 Å². The molecule has 2 aromatic carbocycles. The van der Waals surface area contributed by atoms with Crippen LogP contribution in [0.5, 0.6) is 0 Å². The number of thiophene rings is 1. The monoisotopic (exact) mass is 444 g/mol. The molecular weight excluding hydrogens is 424 g/mol. The number of nitrogen functional groups attached to an aromatic ring is 1. The van der Waals surface area contributed by atoms with E-state index in [1.165, 1.54) is 0 Å². The first-order valence-electron chi connectivity index (χ1n) is 9.76. The number of pyridine rings is 1. The lowest BCUT2D eigenvalue weighted by Crippen LogP contribution is -2.16. The minimum atomic E-state index is -0.626. The van der Waals surface area contributed by atoms with Crippen LogP contribution in [0.2, 0.25) is 0 Å². The van der Waals surface area contributed by atoms with Crippen molar-refractivity contribution in [2.24, 2.45) is 0 Å². The Labute approximate surface area is 188 Å². The van der Waals surface area contributed by atoms with E-state index in [1.807, 2.05) is 35.7 Å². The van der Waals surface area contributed by atoms with E-state index in [1.54, 1.807) is 60.1 Å². The number of hydrogen-bond acceptors (Lipinski definition) is 6. The van der Waals surface area contributed by atoms with Crippen LogP contribution in [0.4, 0.5) is 21.9 Å². The Kier molecular flexibility index (Phi) is 6.43. The number of amides is 2. The summed E-state index contributed by atoms with van der Waals surface area (Å²) in [5, 5.41) is 7.46. The number of anilines is 3. The molecule has 0 aliphatic heterocycles. The number of hydrogen-bond donors (Lipinski definition) is 3. The lowest BCUT2D eigenvalue weighted by Gasteiger charge is -2.11. The molecule has 160 valence electrons. The molecule has 2 heterocycles. The van der Waals surface area contributed by atoms with Gasteiger partial charge in [-0.25, -0.2) is 4.79 Å². The molecule has 0 aliphatic carbocycles. The summed E-state index contributed by atoms with van der Waals surface area (Å²) >= 11 is 1.61. The number of benzene rings is 2. The molecular formula is C24H20N4O3S. The minimum Gasteiger partial charge on any atom is -0.444 e. The van der Waals surface area contributed by atoms with E-state index < -0.39 is 6.09 Å². The number of carbonyl (C=O) groups is 2. The average molecular weight is 445 g/mol. The van der Waals surface area contributed by atoms with Gasteiger partial charge in [0.15, 0.2) is 0 Å². The zero-order valence-corrected chi connectivity index (χ0v) is 17.8. The van der Waals surface area contributed by atoms with Crippen molar-refractivity contribution in [3.05, 3.63) is 95.6 Å². The lowest BCUT2D eigenvalue weighted by molar-refractivity contribution is 0.102. The molecule has 4 rings (SSSR count). The Hall–Kier alpha value is -4.17. The van der Waals surface area contributed by atoms with E-state index in [9.17, 15) is 9.59 Å². The summed E-state index contributed by atoms with van der Waals surface area (Å²) in [4.78, 5) is 29.9. The van der Waals surface area contributed by atoms with Crippen LogP contribution in [0.15, 0.2) is 84.5 Å². The third-order valence-corrected chi connectivity index (χ3v) is 5.49. The fourth-order valence-corrected chi connectivity index (χ4v) is 3.70. The second kappa shape index (κ2) is 9.76. The molecule has 0 unspecified atom stereocenters. The highest BCUT2D eigenvalue weighted by Gasteiger charge is 2.12. The fourth-order valence-electron chi connectivity index (χ4n) is 2.98. The van der Waals surface area contributed by atoms with E-state index in [-0.39, 0.29) is 12.5 Å². The van der Waals surface area contributed by atoms with Gasteiger partial charge in [0.2, 0.25) is 0 Å². The number of rotatable bonds is 6. The molecule has 0 fully saturated rings. The van der Waals surface area contributed by atoms with Crippen molar-refractivity contribution in [3.8, 4) is 10.4 Å². The molecule has 0 bridgehead atoms. The molecule has 0 atom stereocenters. The summed E-state index contributed by atoms with van der Waals surface area (Å²) in [5.74, 6) is -0.340. The van der Waals surface area contributed by atoms with Gasteiger partial charge >= 0.3 is 6.09 Å². The quantitative estimate of drug-likeness (QED) is 0.346. The normalized spacial score (nSPS) is 10.4. The van der Waals surface area contributed by atoms with Gasteiger partial charge in [-0.05, 0) is 53.4 Å². The van der Waals surface area contributed by atoms with E-state index in [4.69, 9.17) is 10.5 Å². The SMILES string of the molecule is Nc1ccc(-c2cccs2)cc1NC(=O)c1cccc(NC(=O)OCc2cccnc2)c1. The van der Waals surface area contributed by atoms with Gasteiger partial charge in [0.25, 0.3) is 5.91 Å². The molecule has 32 heavy (non-hydrogen) atoms. The van der Waals surface area contributed by atoms with Crippen molar-refractivity contribution < 1.29 is 14.3 Å². The van der Waals surface area contributed by atoms with E-state index in [2.05, 4.69) is 15.6 Å². The predicted molar refractivity (Wildman–Crippen MR) is 127 cm³/mol. The zero-order valence-electron chi connectivity index (χ0n) is 16.9. The molecule has 0 saturated heterocycles. The minimum absolute atomic E-state index is 0.0969. The summed E-state index contributed by atoms with van der Waals surface area (Å²) in [5.41, 5.74) is 9.60. The van der Waals surface area contributed by atoms with Gasteiger partial charge < -0.3 is 15.8 Å². The Morgan fingerprint density at radius 3 is 2.69 bits per heavy atom. The van der Waals surface area contributed by atoms with Crippen LogP contribution in [0.25, 0.3) is 10.4 Å². The summed E-state index contributed by atoms with van der Waals surface area (Å²) in [6.07, 6.45) is 2.64. The maximum Gasteiger partial charge on any atom is 0.411 e. The maximum atomic E-state index is 12.8. The molecule has 0 radical (unpaired) electrons. The lowest BCUT2D eigenvalue weighted by atomic mass is 10.1. The highest BCUT2D eigenvalue weighted by atomic mass is 32.1. The van der Waals surface area contributed by atoms with Crippen molar-refractivity contribution in [1.82, 2.24) is 4.98 Å². The van der Waals surface area contributed by atoms with Gasteiger partial charge in [-0.1, -0.05) is 24.3 Å². The maximum absolute atomic E-state index is 12.8. The highest BCUT2D eigenvalue weighted by Crippen LogP contribution is 2.30. The number of carbonyl (C=O) groups excluding carboxylic acids is 2. The Morgan fingerprint density at radius 2 is 1.91 bits per heavy atom. The first-order valence-corrected chi connectivity index (χ1v) is 10.6. The Morgan fingerprint density at radius 1 is 1.00 bits per heavy atom. The second-order valence-electron chi connectivity index (χ2n) is 6.88. The van der Waals surface area contributed by atoms with Crippen molar-refractivity contribution in [1.29, 1.82) is 0 Å². The first kappa shape index (κ1) is 21.1. The van der Waals surface area contributed by atoms with Gasteiger partial charge in [0.05, 0.1) is 11.4 Å². The molecule has 2 aromatic heterocycles. The van der Waals surface area contributed by atoms with Crippen molar-refractivity contribution >= 4 is 40.4 Å². The molecule has 4 N–H and O–H groups in total. The van der Waals surface area contributed by atoms with Gasteiger partial charge in [-0.2, -0.15) is 0 Å². The molecule has 0 saturated carbocycles. The molecule has 7 nitrogen and oxygen atoms in total. The molecule has 0 aliphatic rings. The predicted octanol–water partition coefficient (Wildman–Crippen LogP) is 5.39. The smallest absolute Gasteiger partial charge is 0.411 e. The van der Waals surface area contributed by atoms with Crippen molar-refractivity contribution in [2.75, 3.05) is 16.4 Å². The Balaban J connectivity index is 1.41. The number of ether oxygens (including phenoxy) is 1. The van der Waals surface area contributed by atoms with Gasteiger partial charge in [0.1, 0.15) is 6.61 Å². The summed E-state index contributed by atoms with van der Waals surface area (Å²) < 4.78 is 5.19.